The van der Waals surface area contributed by atoms with Crippen LogP contribution in [0.1, 0.15) is 22.9 Å². The van der Waals surface area contributed by atoms with Crippen molar-refractivity contribution in [3.05, 3.63) is 46.6 Å². The number of nitrogens with zero attached hydrogens (tertiary/aromatic N) is 4. The zero-order chi connectivity index (χ0) is 18.8. The number of anilines is 2. The summed E-state index contributed by atoms with van der Waals surface area (Å²) in [7, 11) is 0. The van der Waals surface area contributed by atoms with Crippen molar-refractivity contribution in [1.29, 1.82) is 0 Å². The number of nitrogens with one attached hydrogen (secondary N) is 1. The molecule has 3 aromatic rings. The van der Waals surface area contributed by atoms with Gasteiger partial charge < -0.3 is 9.64 Å². The summed E-state index contributed by atoms with van der Waals surface area (Å²) in [6.45, 7) is 9.68. The third-order valence-electron chi connectivity index (χ3n) is 4.96. The number of hydrogen-bond donors (Lipinski definition) is 1. The number of rotatable bonds is 4. The number of aryl methyl sites for hydroxylation is 2. The molecular formula is C20H23N5OS. The van der Waals surface area contributed by atoms with Crippen molar-refractivity contribution in [3.63, 3.8) is 0 Å². The topological polar surface area (TPSA) is 62.6 Å². The Hall–Kier alpha value is -2.51. The van der Waals surface area contributed by atoms with Crippen molar-refractivity contribution in [2.24, 2.45) is 5.10 Å². The molecule has 2 aromatic heterocycles. The van der Waals surface area contributed by atoms with Crippen LogP contribution in [-0.4, -0.2) is 42.0 Å². The summed E-state index contributed by atoms with van der Waals surface area (Å²) in [4.78, 5) is 13.3. The van der Waals surface area contributed by atoms with Gasteiger partial charge in [-0.2, -0.15) is 5.10 Å². The molecule has 0 saturated carbocycles. The van der Waals surface area contributed by atoms with E-state index in [4.69, 9.17) is 4.74 Å². The molecule has 1 aromatic carbocycles. The summed E-state index contributed by atoms with van der Waals surface area (Å²) in [5, 5.41) is 5.61. The molecule has 0 amide bonds. The Morgan fingerprint density at radius 3 is 2.63 bits per heavy atom. The van der Waals surface area contributed by atoms with Gasteiger partial charge in [-0.05, 0) is 44.0 Å². The summed E-state index contributed by atoms with van der Waals surface area (Å²) >= 11 is 1.69. The molecule has 27 heavy (non-hydrogen) atoms. The number of hydrazone groups is 1. The normalized spacial score (nSPS) is 15.4. The second-order valence-corrected chi connectivity index (χ2v) is 7.84. The van der Waals surface area contributed by atoms with E-state index in [0.29, 0.717) is 0 Å². The van der Waals surface area contributed by atoms with Crippen LogP contribution in [0, 0.1) is 13.8 Å². The van der Waals surface area contributed by atoms with Crippen LogP contribution in [0.25, 0.3) is 10.2 Å². The van der Waals surface area contributed by atoms with Crippen LogP contribution in [0.5, 0.6) is 0 Å². The van der Waals surface area contributed by atoms with E-state index < -0.39 is 0 Å². The Labute approximate surface area is 162 Å². The van der Waals surface area contributed by atoms with Crippen LogP contribution in [0.4, 0.5) is 11.5 Å². The van der Waals surface area contributed by atoms with Crippen molar-refractivity contribution in [1.82, 2.24) is 9.97 Å². The summed E-state index contributed by atoms with van der Waals surface area (Å²) < 4.78 is 5.42. The third kappa shape index (κ3) is 3.65. The predicted octanol–water partition coefficient (Wildman–Crippen LogP) is 3.98. The maximum Gasteiger partial charge on any atom is 0.158 e. The molecule has 0 unspecified atom stereocenters. The maximum absolute atomic E-state index is 5.42. The van der Waals surface area contributed by atoms with E-state index in [0.717, 1.165) is 53.6 Å². The highest BCUT2D eigenvalue weighted by Gasteiger charge is 2.13. The zero-order valence-corrected chi connectivity index (χ0v) is 16.6. The minimum Gasteiger partial charge on any atom is -0.378 e. The first-order valence-corrected chi connectivity index (χ1v) is 9.89. The Bertz CT molecular complexity index is 974. The van der Waals surface area contributed by atoms with E-state index >= 15 is 0 Å². The number of benzene rings is 1. The summed E-state index contributed by atoms with van der Waals surface area (Å²) in [6.07, 6.45) is 1.59. The molecule has 3 heterocycles. The van der Waals surface area contributed by atoms with Crippen molar-refractivity contribution in [2.45, 2.75) is 20.8 Å². The smallest absolute Gasteiger partial charge is 0.158 e. The number of thiophene rings is 1. The lowest BCUT2D eigenvalue weighted by Gasteiger charge is -2.28. The Morgan fingerprint density at radius 2 is 1.89 bits per heavy atom. The molecule has 0 atom stereocenters. The standard InChI is InChI=1S/C20H23N5OS/c1-13-15(3)27-20-18(13)19(21-12-22-20)24-23-14(2)16-4-6-17(7-5-16)25-8-10-26-11-9-25/h4-7,12H,8-11H2,1-3H3,(H,21,22,24). The average molecular weight is 382 g/mol. The van der Waals surface area contributed by atoms with Crippen molar-refractivity contribution in [2.75, 3.05) is 36.6 Å². The molecule has 1 N–H and O–H groups in total. The second-order valence-electron chi connectivity index (χ2n) is 6.64. The van der Waals surface area contributed by atoms with E-state index in [9.17, 15) is 0 Å². The van der Waals surface area contributed by atoms with Gasteiger partial charge in [0.15, 0.2) is 5.82 Å². The molecule has 0 radical (unpaired) electrons. The van der Waals surface area contributed by atoms with Gasteiger partial charge in [-0.15, -0.1) is 11.3 Å². The third-order valence-corrected chi connectivity index (χ3v) is 6.07. The van der Waals surface area contributed by atoms with E-state index in [1.165, 1.54) is 16.1 Å². The minimum atomic E-state index is 0.756. The average Bonchev–Trinajstić information content (AvgIpc) is 3.01. The molecular weight excluding hydrogens is 358 g/mol. The SMILES string of the molecule is CC(=NNc1ncnc2sc(C)c(C)c12)c1ccc(N2CCOCC2)cc1. The Morgan fingerprint density at radius 1 is 1.15 bits per heavy atom. The number of morpholine rings is 1. The zero-order valence-electron chi connectivity index (χ0n) is 15.8. The second kappa shape index (κ2) is 7.62. The first kappa shape index (κ1) is 17.9. The molecule has 1 saturated heterocycles. The summed E-state index contributed by atoms with van der Waals surface area (Å²) in [5.41, 5.74) is 7.57. The Balaban J connectivity index is 1.53. The molecule has 6 nitrogen and oxygen atoms in total. The monoisotopic (exact) mass is 381 g/mol. The molecule has 0 bridgehead atoms. The lowest BCUT2D eigenvalue weighted by molar-refractivity contribution is 0.122. The first-order chi connectivity index (χ1) is 13.1. The van der Waals surface area contributed by atoms with Gasteiger partial charge in [0.1, 0.15) is 11.2 Å². The van der Waals surface area contributed by atoms with Crippen molar-refractivity contribution >= 4 is 38.8 Å². The van der Waals surface area contributed by atoms with Crippen molar-refractivity contribution < 1.29 is 4.74 Å². The summed E-state index contributed by atoms with van der Waals surface area (Å²) in [6, 6.07) is 8.52. The number of hydrogen-bond acceptors (Lipinski definition) is 7. The first-order valence-electron chi connectivity index (χ1n) is 9.07. The maximum atomic E-state index is 5.42. The van der Waals surface area contributed by atoms with Crippen LogP contribution >= 0.6 is 11.3 Å². The minimum absolute atomic E-state index is 0.756. The highest BCUT2D eigenvalue weighted by Crippen LogP contribution is 2.32. The van der Waals surface area contributed by atoms with Gasteiger partial charge in [0.2, 0.25) is 0 Å². The van der Waals surface area contributed by atoms with Gasteiger partial charge in [-0.25, -0.2) is 9.97 Å². The van der Waals surface area contributed by atoms with Crippen LogP contribution in [0.3, 0.4) is 0 Å². The molecule has 0 spiro atoms. The van der Waals surface area contributed by atoms with Crippen LogP contribution in [0.2, 0.25) is 0 Å². The fourth-order valence-electron chi connectivity index (χ4n) is 3.20. The van der Waals surface area contributed by atoms with Gasteiger partial charge >= 0.3 is 0 Å². The van der Waals surface area contributed by atoms with Gasteiger partial charge in [0.05, 0.1) is 24.3 Å². The highest BCUT2D eigenvalue weighted by molar-refractivity contribution is 7.18. The van der Waals surface area contributed by atoms with Crippen LogP contribution in [-0.2, 0) is 4.74 Å². The molecule has 0 aliphatic carbocycles. The van der Waals surface area contributed by atoms with E-state index in [2.05, 4.69) is 63.5 Å². The quantitative estimate of drug-likeness (QED) is 0.547. The largest absolute Gasteiger partial charge is 0.378 e. The molecule has 1 aliphatic heterocycles. The van der Waals surface area contributed by atoms with E-state index in [-0.39, 0.29) is 0 Å². The van der Waals surface area contributed by atoms with Crippen LogP contribution in [0.15, 0.2) is 35.7 Å². The Kier molecular flexibility index (Phi) is 5.05. The fourth-order valence-corrected chi connectivity index (χ4v) is 4.20. The van der Waals surface area contributed by atoms with Gasteiger partial charge in [0, 0.05) is 23.7 Å². The lowest BCUT2D eigenvalue weighted by Crippen LogP contribution is -2.36. The number of fused-ring (bicyclic) bond motifs is 1. The molecule has 1 fully saturated rings. The molecule has 140 valence electrons. The van der Waals surface area contributed by atoms with Crippen molar-refractivity contribution in [3.8, 4) is 0 Å². The molecule has 7 heteroatoms. The number of aromatic nitrogens is 2. The number of ether oxygens (including phenoxy) is 1. The van der Waals surface area contributed by atoms with Gasteiger partial charge in [-0.3, -0.25) is 5.43 Å². The van der Waals surface area contributed by atoms with E-state index in [1.54, 1.807) is 17.7 Å². The lowest BCUT2D eigenvalue weighted by atomic mass is 10.1. The fraction of sp³-hybridized carbons (Fsp3) is 0.350. The van der Waals surface area contributed by atoms with Gasteiger partial charge in [0.25, 0.3) is 0 Å². The van der Waals surface area contributed by atoms with Crippen LogP contribution < -0.4 is 10.3 Å². The molecule has 4 rings (SSSR count). The highest BCUT2D eigenvalue weighted by atomic mass is 32.1. The van der Waals surface area contributed by atoms with E-state index in [1.807, 2.05) is 6.92 Å². The van der Waals surface area contributed by atoms with Gasteiger partial charge in [-0.1, -0.05) is 12.1 Å². The predicted molar refractivity (Wildman–Crippen MR) is 112 cm³/mol. The summed E-state index contributed by atoms with van der Waals surface area (Å²) in [5.74, 6) is 0.756. The molecule has 1 aliphatic rings.